The van der Waals surface area contributed by atoms with Crippen molar-refractivity contribution >= 4 is 56.1 Å². The molecule has 38 heavy (non-hydrogen) atoms. The van der Waals surface area contributed by atoms with Gasteiger partial charge in [-0.25, -0.2) is 0 Å². The molecule has 7 nitrogen and oxygen atoms in total. The Morgan fingerprint density at radius 2 is 1.74 bits per heavy atom. The standard InChI is InChI=1S/C28H26Cl2N4O3S/c1-37-27-14-26(23(29)13-24(27)30)33-28-21(15-31)16-32-25-12-20(6-7-22(25)28)19-4-2-18(3-5-19)17-34-8-10-38(35,36)11-9-34/h2-7,12-14,16,35-36H,8-11,17H2,1H3,(H,32,33). The largest absolute Gasteiger partial charge is 0.495 e. The number of nitriles is 1. The molecule has 1 aromatic heterocycles. The Kier molecular flexibility index (Phi) is 7.68. The molecule has 1 fully saturated rings. The van der Waals surface area contributed by atoms with Crippen LogP contribution in [0.15, 0.2) is 60.8 Å². The summed E-state index contributed by atoms with van der Waals surface area (Å²) in [4.78, 5) is 6.78. The van der Waals surface area contributed by atoms with Crippen LogP contribution >= 0.6 is 33.8 Å². The van der Waals surface area contributed by atoms with Crippen LogP contribution in [0.25, 0.3) is 22.0 Å². The highest BCUT2D eigenvalue weighted by molar-refractivity contribution is 8.24. The Morgan fingerprint density at radius 1 is 1.03 bits per heavy atom. The number of anilines is 2. The first-order valence-electron chi connectivity index (χ1n) is 11.9. The van der Waals surface area contributed by atoms with E-state index in [1.54, 1.807) is 18.3 Å². The highest BCUT2D eigenvalue weighted by atomic mass is 35.5. The topological polar surface area (TPSA) is 102 Å². The predicted molar refractivity (Wildman–Crippen MR) is 156 cm³/mol. The van der Waals surface area contributed by atoms with Crippen molar-refractivity contribution in [3.05, 3.63) is 82.0 Å². The van der Waals surface area contributed by atoms with Crippen molar-refractivity contribution in [2.24, 2.45) is 0 Å². The molecule has 0 unspecified atom stereocenters. The van der Waals surface area contributed by atoms with Crippen molar-refractivity contribution in [2.45, 2.75) is 6.54 Å². The van der Waals surface area contributed by atoms with Crippen molar-refractivity contribution < 1.29 is 13.8 Å². The van der Waals surface area contributed by atoms with Gasteiger partial charge in [0.2, 0.25) is 0 Å². The van der Waals surface area contributed by atoms with E-state index >= 15 is 0 Å². The van der Waals surface area contributed by atoms with E-state index in [4.69, 9.17) is 27.9 Å². The lowest BCUT2D eigenvalue weighted by Gasteiger charge is -2.41. The van der Waals surface area contributed by atoms with Crippen LogP contribution in [0, 0.1) is 11.3 Å². The quantitative estimate of drug-likeness (QED) is 0.222. The van der Waals surface area contributed by atoms with Crippen LogP contribution < -0.4 is 10.1 Å². The number of benzene rings is 3. The van der Waals surface area contributed by atoms with Crippen molar-refractivity contribution in [2.75, 3.05) is 37.0 Å². The summed E-state index contributed by atoms with van der Waals surface area (Å²) in [5, 5.41) is 14.6. The molecule has 0 bridgehead atoms. The fourth-order valence-corrected chi connectivity index (χ4v) is 6.30. The number of pyridine rings is 1. The van der Waals surface area contributed by atoms with Crippen LogP contribution in [0.3, 0.4) is 0 Å². The third kappa shape index (κ3) is 5.69. The van der Waals surface area contributed by atoms with Crippen LogP contribution in [0.1, 0.15) is 11.1 Å². The van der Waals surface area contributed by atoms with Crippen molar-refractivity contribution in [1.29, 1.82) is 5.26 Å². The Morgan fingerprint density at radius 3 is 2.42 bits per heavy atom. The van der Waals surface area contributed by atoms with Gasteiger partial charge in [-0.3, -0.25) is 19.0 Å². The number of rotatable bonds is 6. The Balaban J connectivity index is 1.40. The fourth-order valence-electron chi connectivity index (χ4n) is 4.49. The number of ether oxygens (including phenoxy) is 1. The molecule has 3 N–H and O–H groups in total. The Labute approximate surface area is 232 Å². The highest BCUT2D eigenvalue weighted by Gasteiger charge is 2.22. The van der Waals surface area contributed by atoms with Crippen LogP contribution in [0.2, 0.25) is 10.0 Å². The summed E-state index contributed by atoms with van der Waals surface area (Å²) in [6, 6.07) is 19.8. The van der Waals surface area contributed by atoms with Gasteiger partial charge < -0.3 is 10.1 Å². The van der Waals surface area contributed by atoms with E-state index in [1.165, 1.54) is 12.7 Å². The number of aromatic nitrogens is 1. The molecule has 0 aliphatic carbocycles. The second kappa shape index (κ2) is 11.0. The van der Waals surface area contributed by atoms with Gasteiger partial charge in [0, 0.05) is 37.3 Å². The minimum absolute atomic E-state index is 0.388. The molecule has 4 aromatic rings. The van der Waals surface area contributed by atoms with Crippen LogP contribution in [-0.4, -0.2) is 50.7 Å². The molecule has 3 aromatic carbocycles. The van der Waals surface area contributed by atoms with Gasteiger partial charge in [0.25, 0.3) is 0 Å². The van der Waals surface area contributed by atoms with E-state index in [2.05, 4.69) is 45.5 Å². The van der Waals surface area contributed by atoms with E-state index in [0.29, 0.717) is 57.3 Å². The summed E-state index contributed by atoms with van der Waals surface area (Å²) >= 11 is 12.6. The zero-order valence-electron chi connectivity index (χ0n) is 20.6. The lowest BCUT2D eigenvalue weighted by atomic mass is 10.0. The molecule has 1 aliphatic rings. The van der Waals surface area contributed by atoms with Gasteiger partial charge in [0.15, 0.2) is 0 Å². The molecular formula is C28H26Cl2N4O3S. The molecule has 0 saturated carbocycles. The zero-order chi connectivity index (χ0) is 26.9. The lowest BCUT2D eigenvalue weighted by Crippen LogP contribution is -2.37. The third-order valence-electron chi connectivity index (χ3n) is 6.65. The molecule has 1 saturated heterocycles. The van der Waals surface area contributed by atoms with E-state index in [9.17, 15) is 14.4 Å². The summed E-state index contributed by atoms with van der Waals surface area (Å²) in [6.45, 7) is 2.16. The maximum atomic E-state index is 9.83. The van der Waals surface area contributed by atoms with Crippen molar-refractivity contribution in [3.8, 4) is 22.9 Å². The van der Waals surface area contributed by atoms with Gasteiger partial charge in [-0.2, -0.15) is 15.9 Å². The molecule has 10 heteroatoms. The van der Waals surface area contributed by atoms with Gasteiger partial charge in [-0.15, -0.1) is 0 Å². The molecule has 0 radical (unpaired) electrons. The average Bonchev–Trinajstić information content (AvgIpc) is 2.91. The molecule has 2 heterocycles. The number of nitrogens with one attached hydrogen (secondary N) is 1. The number of halogens is 2. The van der Waals surface area contributed by atoms with E-state index in [0.717, 1.165) is 28.6 Å². The second-order valence-corrected chi connectivity index (χ2v) is 12.4. The van der Waals surface area contributed by atoms with Gasteiger partial charge in [0.05, 0.1) is 51.1 Å². The number of fused-ring (bicyclic) bond motifs is 1. The van der Waals surface area contributed by atoms with E-state index < -0.39 is 10.6 Å². The first-order chi connectivity index (χ1) is 18.3. The maximum Gasteiger partial charge on any atom is 0.139 e. The zero-order valence-corrected chi connectivity index (χ0v) is 22.9. The first-order valence-corrected chi connectivity index (χ1v) is 14.6. The number of methoxy groups -OCH3 is 1. The molecule has 0 amide bonds. The molecule has 5 rings (SSSR count). The molecule has 196 valence electrons. The van der Waals surface area contributed by atoms with E-state index in [1.807, 2.05) is 18.2 Å². The molecule has 0 spiro atoms. The minimum Gasteiger partial charge on any atom is -0.495 e. The first kappa shape index (κ1) is 26.6. The smallest absolute Gasteiger partial charge is 0.139 e. The third-order valence-corrected chi connectivity index (χ3v) is 8.93. The molecular weight excluding hydrogens is 543 g/mol. The summed E-state index contributed by atoms with van der Waals surface area (Å²) < 4.78 is 25.0. The summed E-state index contributed by atoms with van der Waals surface area (Å²) in [5.41, 5.74) is 5.52. The summed E-state index contributed by atoms with van der Waals surface area (Å²) in [5.74, 6) is 1.35. The van der Waals surface area contributed by atoms with Crippen LogP contribution in [0.5, 0.6) is 5.75 Å². The predicted octanol–water partition coefficient (Wildman–Crippen LogP) is 7.40. The normalized spacial score (nSPS) is 16.1. The minimum atomic E-state index is -2.39. The summed E-state index contributed by atoms with van der Waals surface area (Å²) in [7, 11) is -0.860. The fraction of sp³-hybridized carbons (Fsp3) is 0.214. The highest BCUT2D eigenvalue weighted by Crippen LogP contribution is 2.41. The Bertz CT molecular complexity index is 1530. The van der Waals surface area contributed by atoms with Gasteiger partial charge >= 0.3 is 0 Å². The Hall–Kier alpha value is -3.03. The maximum absolute atomic E-state index is 9.83. The van der Waals surface area contributed by atoms with E-state index in [-0.39, 0.29) is 0 Å². The monoisotopic (exact) mass is 568 g/mol. The lowest BCUT2D eigenvalue weighted by molar-refractivity contribution is 0.278. The SMILES string of the molecule is COc1cc(Nc2c(C#N)cnc3cc(-c4ccc(CN5CCS(O)(O)CC5)cc4)ccc23)c(Cl)cc1Cl. The number of hydrogen-bond acceptors (Lipinski definition) is 7. The average molecular weight is 570 g/mol. The van der Waals surface area contributed by atoms with Crippen molar-refractivity contribution in [1.82, 2.24) is 9.88 Å². The van der Waals surface area contributed by atoms with Gasteiger partial charge in [-0.1, -0.05) is 59.6 Å². The van der Waals surface area contributed by atoms with Crippen molar-refractivity contribution in [3.63, 3.8) is 0 Å². The van der Waals surface area contributed by atoms with Crippen LogP contribution in [-0.2, 0) is 6.54 Å². The van der Waals surface area contributed by atoms with Gasteiger partial charge in [0.1, 0.15) is 11.8 Å². The summed E-state index contributed by atoms with van der Waals surface area (Å²) in [6.07, 6.45) is 1.55. The second-order valence-electron chi connectivity index (χ2n) is 9.17. The number of nitrogens with zero attached hydrogens (tertiary/aromatic N) is 3. The van der Waals surface area contributed by atoms with Gasteiger partial charge in [-0.05, 0) is 28.8 Å². The molecule has 0 atom stereocenters. The number of hydrogen-bond donors (Lipinski definition) is 3. The van der Waals surface area contributed by atoms with Crippen LogP contribution in [0.4, 0.5) is 11.4 Å². The molecule has 1 aliphatic heterocycles.